The van der Waals surface area contributed by atoms with E-state index in [0.29, 0.717) is 33.1 Å². The van der Waals surface area contributed by atoms with Gasteiger partial charge in [0, 0.05) is 21.4 Å². The maximum Gasteiger partial charge on any atom is 0.251 e. The molecule has 0 saturated carbocycles. The topological polar surface area (TPSA) is 88.9 Å². The Bertz CT molecular complexity index is 1170. The van der Waals surface area contributed by atoms with Gasteiger partial charge in [-0.25, -0.2) is 0 Å². The van der Waals surface area contributed by atoms with Crippen LogP contribution in [-0.2, 0) is 11.3 Å². The molecule has 11 heteroatoms. The van der Waals surface area contributed by atoms with Gasteiger partial charge in [-0.3, -0.25) is 9.59 Å². The minimum atomic E-state index is -0.385. The summed E-state index contributed by atoms with van der Waals surface area (Å²) < 4.78 is 3.02. The Morgan fingerprint density at radius 3 is 2.41 bits per heavy atom. The van der Waals surface area contributed by atoms with Crippen LogP contribution in [0.3, 0.4) is 0 Å². The summed E-state index contributed by atoms with van der Waals surface area (Å²) in [7, 11) is 0. The number of nitrogens with zero attached hydrogens (tertiary/aromatic N) is 3. The lowest BCUT2D eigenvalue weighted by molar-refractivity contribution is -0.113. The van der Waals surface area contributed by atoms with Crippen LogP contribution in [0.2, 0.25) is 10.0 Å². The number of halogens is 3. The second-order valence-corrected chi connectivity index (χ2v) is 10.8. The molecule has 0 aliphatic heterocycles. The highest BCUT2D eigenvalue weighted by atomic mass is 127. The molecule has 1 atom stereocenters. The number of thioether (sulfide) groups is 1. The summed E-state index contributed by atoms with van der Waals surface area (Å²) in [5.41, 5.74) is 1.15. The van der Waals surface area contributed by atoms with Gasteiger partial charge in [0.25, 0.3) is 5.91 Å². The highest BCUT2D eigenvalue weighted by Crippen LogP contribution is 2.27. The van der Waals surface area contributed by atoms with Crippen LogP contribution in [-0.4, -0.2) is 32.3 Å². The fraction of sp³-hybridized carbons (Fsp3) is 0.304. The first-order valence-corrected chi connectivity index (χ1v) is 13.4. The molecule has 3 rings (SSSR count). The van der Waals surface area contributed by atoms with E-state index in [-0.39, 0.29) is 29.5 Å². The van der Waals surface area contributed by atoms with Crippen LogP contribution in [0.5, 0.6) is 0 Å². The van der Waals surface area contributed by atoms with Crippen LogP contribution in [0.25, 0.3) is 0 Å². The summed E-state index contributed by atoms with van der Waals surface area (Å²) in [5, 5.41) is 15.9. The minimum Gasteiger partial charge on any atom is -0.342 e. The van der Waals surface area contributed by atoms with Crippen LogP contribution in [0.15, 0.2) is 47.6 Å². The maximum absolute atomic E-state index is 12.9. The van der Waals surface area contributed by atoms with E-state index in [9.17, 15) is 9.59 Å². The number of benzene rings is 2. The first kappa shape index (κ1) is 26.8. The summed E-state index contributed by atoms with van der Waals surface area (Å²) in [6.07, 6.45) is 0. The molecular weight excluding hydrogens is 608 g/mol. The third-order valence-corrected chi connectivity index (χ3v) is 7.36. The van der Waals surface area contributed by atoms with Gasteiger partial charge in [-0.05, 0) is 77.9 Å². The van der Waals surface area contributed by atoms with E-state index in [4.69, 9.17) is 23.2 Å². The monoisotopic (exact) mass is 631 g/mol. The van der Waals surface area contributed by atoms with Crippen molar-refractivity contribution in [3.8, 4) is 0 Å². The van der Waals surface area contributed by atoms with Gasteiger partial charge in [-0.15, -0.1) is 10.2 Å². The van der Waals surface area contributed by atoms with Crippen molar-refractivity contribution in [2.24, 2.45) is 5.92 Å². The zero-order valence-electron chi connectivity index (χ0n) is 18.8. The van der Waals surface area contributed by atoms with Crippen molar-refractivity contribution in [3.05, 3.63) is 67.5 Å². The number of anilines is 1. The highest BCUT2D eigenvalue weighted by Gasteiger charge is 2.26. The molecule has 0 fully saturated rings. The molecule has 0 bridgehead atoms. The summed E-state index contributed by atoms with van der Waals surface area (Å²) >= 11 is 15.6. The van der Waals surface area contributed by atoms with Crippen LogP contribution in [0.4, 0.5) is 5.69 Å². The fourth-order valence-corrected chi connectivity index (χ4v) is 4.65. The van der Waals surface area contributed by atoms with E-state index in [0.717, 1.165) is 9.26 Å². The van der Waals surface area contributed by atoms with Crippen molar-refractivity contribution in [2.75, 3.05) is 11.1 Å². The van der Waals surface area contributed by atoms with Crippen LogP contribution < -0.4 is 10.6 Å². The molecule has 0 radical (unpaired) electrons. The number of aromatic nitrogens is 3. The average Bonchev–Trinajstić information content (AvgIpc) is 3.21. The van der Waals surface area contributed by atoms with Gasteiger partial charge in [-0.1, -0.05) is 48.8 Å². The molecule has 3 aromatic rings. The van der Waals surface area contributed by atoms with Gasteiger partial charge in [0.1, 0.15) is 0 Å². The molecule has 0 aliphatic carbocycles. The number of carbonyl (C=O) groups is 2. The van der Waals surface area contributed by atoms with Crippen molar-refractivity contribution < 1.29 is 9.59 Å². The molecule has 0 spiro atoms. The number of carbonyl (C=O) groups excluding carboxylic acids is 2. The van der Waals surface area contributed by atoms with Gasteiger partial charge in [0.2, 0.25) is 5.91 Å². The predicted octanol–water partition coefficient (Wildman–Crippen LogP) is 6.07. The largest absolute Gasteiger partial charge is 0.342 e. The molecule has 2 N–H and O–H groups in total. The van der Waals surface area contributed by atoms with Crippen molar-refractivity contribution in [2.45, 2.75) is 38.5 Å². The van der Waals surface area contributed by atoms with E-state index in [2.05, 4.69) is 43.4 Å². The van der Waals surface area contributed by atoms with Crippen molar-refractivity contribution in [1.82, 2.24) is 20.1 Å². The Morgan fingerprint density at radius 1 is 1.09 bits per heavy atom. The molecular formula is C23H24Cl2IN5O2S. The molecule has 180 valence electrons. The second kappa shape index (κ2) is 12.2. The Hall–Kier alpha value is -1.82. The highest BCUT2D eigenvalue weighted by molar-refractivity contribution is 14.1. The van der Waals surface area contributed by atoms with Crippen LogP contribution in [0.1, 0.15) is 43.0 Å². The zero-order chi connectivity index (χ0) is 24.8. The van der Waals surface area contributed by atoms with Crippen molar-refractivity contribution in [3.63, 3.8) is 0 Å². The van der Waals surface area contributed by atoms with E-state index < -0.39 is 0 Å². The Balaban J connectivity index is 1.71. The smallest absolute Gasteiger partial charge is 0.251 e. The van der Waals surface area contributed by atoms with Gasteiger partial charge in [0.05, 0.1) is 21.8 Å². The average molecular weight is 632 g/mol. The van der Waals surface area contributed by atoms with E-state index in [1.54, 1.807) is 12.1 Å². The lowest BCUT2D eigenvalue weighted by Crippen LogP contribution is -2.33. The zero-order valence-corrected chi connectivity index (χ0v) is 23.3. The standard InChI is InChI=1S/C23H24Cl2IN5O2S/c1-4-31-21(20(13(2)3)28-22(33)14-5-10-17(24)18(25)11-14)29-30-23(31)34-12-19(32)27-16-8-6-15(26)7-9-16/h5-11,13,20H,4,12H2,1-3H3,(H,27,32)(H,28,33)/t20-/m1/s1. The molecule has 0 saturated heterocycles. The van der Waals surface area contributed by atoms with E-state index in [1.807, 2.05) is 49.6 Å². The molecule has 34 heavy (non-hydrogen) atoms. The first-order chi connectivity index (χ1) is 16.2. The number of hydrogen-bond donors (Lipinski definition) is 2. The normalized spacial score (nSPS) is 12.0. The van der Waals surface area contributed by atoms with E-state index in [1.165, 1.54) is 17.8 Å². The number of amides is 2. The van der Waals surface area contributed by atoms with E-state index >= 15 is 0 Å². The van der Waals surface area contributed by atoms with Gasteiger partial charge < -0.3 is 15.2 Å². The molecule has 2 amide bonds. The quantitative estimate of drug-likeness (QED) is 0.221. The molecule has 1 heterocycles. The number of nitrogens with one attached hydrogen (secondary N) is 2. The summed E-state index contributed by atoms with van der Waals surface area (Å²) in [5.74, 6) is 0.446. The molecule has 7 nitrogen and oxygen atoms in total. The predicted molar refractivity (Wildman–Crippen MR) is 146 cm³/mol. The third kappa shape index (κ3) is 6.87. The SMILES string of the molecule is CCn1c(SCC(=O)Nc2ccc(I)cc2)nnc1[C@H](NC(=O)c1ccc(Cl)c(Cl)c1)C(C)C. The summed E-state index contributed by atoms with van der Waals surface area (Å²) in [4.78, 5) is 25.3. The maximum atomic E-state index is 12.9. The van der Waals surface area contributed by atoms with Gasteiger partial charge in [-0.2, -0.15) is 0 Å². The lowest BCUT2D eigenvalue weighted by Gasteiger charge is -2.22. The third-order valence-electron chi connectivity index (χ3n) is 4.94. The molecule has 0 unspecified atom stereocenters. The van der Waals surface area contributed by atoms with Gasteiger partial charge >= 0.3 is 0 Å². The Morgan fingerprint density at radius 2 is 1.79 bits per heavy atom. The lowest BCUT2D eigenvalue weighted by atomic mass is 10.0. The van der Waals surface area contributed by atoms with Crippen molar-refractivity contribution in [1.29, 1.82) is 0 Å². The fourth-order valence-electron chi connectivity index (χ4n) is 3.19. The van der Waals surface area contributed by atoms with Gasteiger partial charge in [0.15, 0.2) is 11.0 Å². The van der Waals surface area contributed by atoms with Crippen molar-refractivity contribution >= 4 is 75.1 Å². The molecule has 2 aromatic carbocycles. The Labute approximate surface area is 226 Å². The first-order valence-electron chi connectivity index (χ1n) is 10.6. The summed E-state index contributed by atoms with van der Waals surface area (Å²) in [6.45, 7) is 6.56. The van der Waals surface area contributed by atoms with Crippen LogP contribution in [0, 0.1) is 9.49 Å². The molecule has 1 aromatic heterocycles. The minimum absolute atomic E-state index is 0.0447. The summed E-state index contributed by atoms with van der Waals surface area (Å²) in [6, 6.07) is 12.0. The second-order valence-electron chi connectivity index (χ2n) is 7.75. The Kier molecular flexibility index (Phi) is 9.64. The van der Waals surface area contributed by atoms with Crippen LogP contribution >= 0.6 is 57.6 Å². The molecule has 0 aliphatic rings. The number of hydrogen-bond acceptors (Lipinski definition) is 5. The number of rotatable bonds is 9.